The van der Waals surface area contributed by atoms with E-state index >= 15 is 0 Å². The van der Waals surface area contributed by atoms with Crippen LogP contribution in [0.3, 0.4) is 0 Å². The highest BCUT2D eigenvalue weighted by Gasteiger charge is 2.27. The highest BCUT2D eigenvalue weighted by atomic mass is 16.5. The molecule has 5 nitrogen and oxygen atoms in total. The lowest BCUT2D eigenvalue weighted by Crippen LogP contribution is -2.31. The van der Waals surface area contributed by atoms with Gasteiger partial charge in [-0.3, -0.25) is 0 Å². The van der Waals surface area contributed by atoms with Crippen LogP contribution in [-0.4, -0.2) is 27.9 Å². The minimum Gasteiger partial charge on any atom is -0.377 e. The number of aromatic nitrogens is 3. The molecular weight excluding hydrogens is 240 g/mol. The van der Waals surface area contributed by atoms with Crippen LogP contribution in [0.25, 0.3) is 0 Å². The predicted octanol–water partition coefficient (Wildman–Crippen LogP) is 2.22. The molecule has 2 aromatic rings. The Labute approximate surface area is 112 Å². The van der Waals surface area contributed by atoms with Crippen molar-refractivity contribution in [3.05, 3.63) is 41.7 Å². The van der Waals surface area contributed by atoms with E-state index in [-0.39, 0.29) is 6.04 Å². The second-order valence-corrected chi connectivity index (χ2v) is 4.94. The number of ether oxygens (including phenoxy) is 1. The topological polar surface area (TPSA) is 52.0 Å². The van der Waals surface area contributed by atoms with Crippen LogP contribution in [0.2, 0.25) is 0 Å². The third kappa shape index (κ3) is 2.33. The molecule has 100 valence electrons. The summed E-state index contributed by atoms with van der Waals surface area (Å²) in [6.45, 7) is 2.61. The molecule has 1 aromatic carbocycles. The Morgan fingerprint density at radius 1 is 1.37 bits per heavy atom. The first kappa shape index (κ1) is 12.2. The summed E-state index contributed by atoms with van der Waals surface area (Å²) in [7, 11) is 1.66. The average Bonchev–Trinajstić information content (AvgIpc) is 2.81. The molecular formula is C14H18N4O. The zero-order chi connectivity index (χ0) is 13.2. The summed E-state index contributed by atoms with van der Waals surface area (Å²) in [4.78, 5) is 4.48. The third-order valence-electron chi connectivity index (χ3n) is 3.38. The maximum Gasteiger partial charge on any atom is 0.222 e. The van der Waals surface area contributed by atoms with E-state index in [0.717, 1.165) is 18.2 Å². The lowest BCUT2D eigenvalue weighted by Gasteiger charge is -2.29. The highest BCUT2D eigenvalue weighted by Crippen LogP contribution is 2.30. The first-order chi connectivity index (χ1) is 9.28. The standard InChI is InChI=1S/C14H18N4O/c1-10-8-12(11-6-4-3-5-7-11)18-14(15-10)16-13(17-18)9-19-2/h3-7,10,12H,8-9H2,1-2H3,(H,15,16,17)/t10-,12-/m0/s1. The number of methoxy groups -OCH3 is 1. The molecule has 0 unspecified atom stereocenters. The maximum absolute atomic E-state index is 5.11. The van der Waals surface area contributed by atoms with Crippen molar-refractivity contribution in [3.8, 4) is 0 Å². The van der Waals surface area contributed by atoms with Crippen molar-refractivity contribution < 1.29 is 4.74 Å². The summed E-state index contributed by atoms with van der Waals surface area (Å²) in [6, 6.07) is 11.1. The van der Waals surface area contributed by atoms with Crippen LogP contribution >= 0.6 is 0 Å². The van der Waals surface area contributed by atoms with Crippen molar-refractivity contribution in [2.75, 3.05) is 12.4 Å². The Morgan fingerprint density at radius 3 is 2.89 bits per heavy atom. The molecule has 0 amide bonds. The number of rotatable bonds is 3. The zero-order valence-electron chi connectivity index (χ0n) is 11.2. The van der Waals surface area contributed by atoms with E-state index in [0.29, 0.717) is 12.6 Å². The Kier molecular flexibility index (Phi) is 3.21. The fourth-order valence-electron chi connectivity index (χ4n) is 2.54. The van der Waals surface area contributed by atoms with Crippen molar-refractivity contribution in [3.63, 3.8) is 0 Å². The van der Waals surface area contributed by atoms with E-state index in [4.69, 9.17) is 4.74 Å². The van der Waals surface area contributed by atoms with Gasteiger partial charge >= 0.3 is 0 Å². The zero-order valence-corrected chi connectivity index (χ0v) is 11.2. The van der Waals surface area contributed by atoms with Gasteiger partial charge < -0.3 is 10.1 Å². The van der Waals surface area contributed by atoms with Gasteiger partial charge in [-0.15, -0.1) is 0 Å². The molecule has 0 bridgehead atoms. The Balaban J connectivity index is 1.99. The molecule has 1 aliphatic heterocycles. The van der Waals surface area contributed by atoms with Crippen LogP contribution in [0.1, 0.15) is 30.8 Å². The first-order valence-electron chi connectivity index (χ1n) is 6.53. The SMILES string of the molecule is COCc1nc2n(n1)[C@H](c1ccccc1)C[C@H](C)N2. The number of nitrogens with one attached hydrogen (secondary N) is 1. The average molecular weight is 258 g/mol. The van der Waals surface area contributed by atoms with Gasteiger partial charge in [-0.2, -0.15) is 10.1 Å². The van der Waals surface area contributed by atoms with Gasteiger partial charge in [0.05, 0.1) is 6.04 Å². The number of benzene rings is 1. The summed E-state index contributed by atoms with van der Waals surface area (Å²) in [5.74, 6) is 1.56. The fourth-order valence-corrected chi connectivity index (χ4v) is 2.54. The Morgan fingerprint density at radius 2 is 2.16 bits per heavy atom. The van der Waals surface area contributed by atoms with Gasteiger partial charge in [0.1, 0.15) is 6.61 Å². The molecule has 0 saturated heterocycles. The Hall–Kier alpha value is -1.88. The van der Waals surface area contributed by atoms with Crippen LogP contribution in [0, 0.1) is 0 Å². The molecule has 2 heterocycles. The van der Waals surface area contributed by atoms with Crippen LogP contribution in [-0.2, 0) is 11.3 Å². The molecule has 19 heavy (non-hydrogen) atoms. The van der Waals surface area contributed by atoms with E-state index in [1.54, 1.807) is 7.11 Å². The smallest absolute Gasteiger partial charge is 0.222 e. The molecule has 0 aliphatic carbocycles. The minimum atomic E-state index is 0.241. The number of hydrogen-bond acceptors (Lipinski definition) is 4. The Bertz CT molecular complexity index is 552. The molecule has 0 radical (unpaired) electrons. The summed E-state index contributed by atoms with van der Waals surface area (Å²) < 4.78 is 7.08. The third-order valence-corrected chi connectivity index (χ3v) is 3.38. The molecule has 2 atom stereocenters. The molecule has 5 heteroatoms. The first-order valence-corrected chi connectivity index (χ1v) is 6.53. The van der Waals surface area contributed by atoms with Crippen molar-refractivity contribution >= 4 is 5.95 Å². The lowest BCUT2D eigenvalue weighted by atomic mass is 9.99. The van der Waals surface area contributed by atoms with E-state index in [1.807, 2.05) is 10.7 Å². The predicted molar refractivity (Wildman–Crippen MR) is 73.0 cm³/mol. The highest BCUT2D eigenvalue weighted by molar-refractivity contribution is 5.34. The van der Waals surface area contributed by atoms with E-state index in [2.05, 4.69) is 46.6 Å². The lowest BCUT2D eigenvalue weighted by molar-refractivity contribution is 0.177. The van der Waals surface area contributed by atoms with Crippen molar-refractivity contribution in [1.82, 2.24) is 14.8 Å². The van der Waals surface area contributed by atoms with E-state index < -0.39 is 0 Å². The molecule has 0 saturated carbocycles. The summed E-state index contributed by atoms with van der Waals surface area (Å²) in [5.41, 5.74) is 1.27. The van der Waals surface area contributed by atoms with Gasteiger partial charge in [0.25, 0.3) is 0 Å². The van der Waals surface area contributed by atoms with Crippen LogP contribution in [0.5, 0.6) is 0 Å². The van der Waals surface area contributed by atoms with Gasteiger partial charge in [0, 0.05) is 13.2 Å². The second-order valence-electron chi connectivity index (χ2n) is 4.94. The monoisotopic (exact) mass is 258 g/mol. The van der Waals surface area contributed by atoms with Crippen LogP contribution in [0.15, 0.2) is 30.3 Å². The largest absolute Gasteiger partial charge is 0.377 e. The molecule has 1 aromatic heterocycles. The quantitative estimate of drug-likeness (QED) is 0.917. The van der Waals surface area contributed by atoms with Gasteiger partial charge in [-0.1, -0.05) is 30.3 Å². The molecule has 0 spiro atoms. The van der Waals surface area contributed by atoms with Gasteiger partial charge in [-0.25, -0.2) is 4.68 Å². The fraction of sp³-hybridized carbons (Fsp3) is 0.429. The van der Waals surface area contributed by atoms with Crippen molar-refractivity contribution in [2.24, 2.45) is 0 Å². The van der Waals surface area contributed by atoms with Crippen LogP contribution in [0.4, 0.5) is 5.95 Å². The summed E-state index contributed by atoms with van der Waals surface area (Å²) in [6.07, 6.45) is 1.01. The van der Waals surface area contributed by atoms with Gasteiger partial charge in [0.15, 0.2) is 5.82 Å². The maximum atomic E-state index is 5.11. The minimum absolute atomic E-state index is 0.241. The summed E-state index contributed by atoms with van der Waals surface area (Å²) >= 11 is 0. The van der Waals surface area contributed by atoms with Gasteiger partial charge in [-0.05, 0) is 18.9 Å². The van der Waals surface area contributed by atoms with Gasteiger partial charge in [0.2, 0.25) is 5.95 Å². The number of anilines is 1. The molecule has 3 rings (SSSR count). The van der Waals surface area contributed by atoms with E-state index in [1.165, 1.54) is 5.56 Å². The number of fused-ring (bicyclic) bond motifs is 1. The number of nitrogens with zero attached hydrogens (tertiary/aromatic N) is 3. The van der Waals surface area contributed by atoms with Crippen molar-refractivity contribution in [1.29, 1.82) is 0 Å². The molecule has 1 N–H and O–H groups in total. The van der Waals surface area contributed by atoms with Crippen molar-refractivity contribution in [2.45, 2.75) is 32.0 Å². The normalized spacial score (nSPS) is 21.8. The molecule has 0 fully saturated rings. The summed E-state index contributed by atoms with van der Waals surface area (Å²) in [5, 5.41) is 7.92. The van der Waals surface area contributed by atoms with E-state index in [9.17, 15) is 0 Å². The molecule has 1 aliphatic rings. The number of hydrogen-bond donors (Lipinski definition) is 1. The van der Waals surface area contributed by atoms with Crippen LogP contribution < -0.4 is 5.32 Å². The second kappa shape index (κ2) is 5.01.